The number of hydrogen-bond donors (Lipinski definition) is 2. The van der Waals surface area contributed by atoms with Gasteiger partial charge in [0.2, 0.25) is 5.91 Å². The van der Waals surface area contributed by atoms with Crippen molar-refractivity contribution in [3.63, 3.8) is 0 Å². The number of carbonyl (C=O) groups is 1. The first-order valence-electron chi connectivity index (χ1n) is 7.05. The molecule has 0 fully saturated rings. The lowest BCUT2D eigenvalue weighted by atomic mass is 9.88. The van der Waals surface area contributed by atoms with Gasteiger partial charge in [-0.2, -0.15) is 5.10 Å². The maximum Gasteiger partial charge on any atom is 0.224 e. The van der Waals surface area contributed by atoms with Gasteiger partial charge in [-0.25, -0.2) is 0 Å². The van der Waals surface area contributed by atoms with Crippen LogP contribution in [-0.4, -0.2) is 16.1 Å². The van der Waals surface area contributed by atoms with Crippen LogP contribution in [-0.2, 0) is 16.6 Å². The van der Waals surface area contributed by atoms with Crippen molar-refractivity contribution in [1.82, 2.24) is 10.2 Å². The van der Waals surface area contributed by atoms with Crippen LogP contribution in [0.1, 0.15) is 38.4 Å². The highest BCUT2D eigenvalue weighted by atomic mass is 35.5. The Morgan fingerprint density at radius 1 is 1.32 bits per heavy atom. The lowest BCUT2D eigenvalue weighted by Crippen LogP contribution is -2.16. The van der Waals surface area contributed by atoms with Crippen LogP contribution in [0.3, 0.4) is 0 Å². The molecule has 2 aromatic rings. The number of nitrogens with zero attached hydrogens (tertiary/aromatic N) is 1. The van der Waals surface area contributed by atoms with Crippen molar-refractivity contribution in [2.75, 3.05) is 5.32 Å². The topological polar surface area (TPSA) is 57.8 Å². The van der Waals surface area contributed by atoms with Crippen LogP contribution in [0.25, 0.3) is 0 Å². The number of benzene rings is 1. The number of rotatable bonds is 4. The first kappa shape index (κ1) is 16.8. The molecule has 0 aliphatic rings. The minimum atomic E-state index is -0.0923. The molecule has 0 atom stereocenters. The molecule has 1 amide bonds. The Labute approximate surface area is 140 Å². The number of halogens is 2. The Kier molecular flexibility index (Phi) is 5.14. The van der Waals surface area contributed by atoms with Crippen molar-refractivity contribution in [2.45, 2.75) is 39.0 Å². The average molecular weight is 340 g/mol. The summed E-state index contributed by atoms with van der Waals surface area (Å²) in [4.78, 5) is 12.1. The molecule has 0 spiro atoms. The van der Waals surface area contributed by atoms with Crippen LogP contribution in [0, 0.1) is 0 Å². The Balaban J connectivity index is 1.98. The van der Waals surface area contributed by atoms with Gasteiger partial charge in [-0.15, -0.1) is 0 Å². The number of aryl methyl sites for hydroxylation is 1. The number of aromatic amines is 1. The normalized spacial score (nSPS) is 11.5. The van der Waals surface area contributed by atoms with Gasteiger partial charge >= 0.3 is 0 Å². The Morgan fingerprint density at radius 2 is 2.05 bits per heavy atom. The second-order valence-corrected chi connectivity index (χ2v) is 7.04. The second-order valence-electron chi connectivity index (χ2n) is 6.19. The van der Waals surface area contributed by atoms with E-state index in [1.807, 2.05) is 0 Å². The standard InChI is InChI=1S/C16H19Cl2N3O/c1-16(2,3)15-10(9-19-21-15)4-7-14(22)20-13-6-5-11(17)8-12(13)18/h5-6,8-9H,4,7H2,1-3H3,(H,19,21)(H,20,22). The molecule has 2 rings (SSSR count). The summed E-state index contributed by atoms with van der Waals surface area (Å²) in [6, 6.07) is 4.99. The molecule has 6 heteroatoms. The molecule has 4 nitrogen and oxygen atoms in total. The fraction of sp³-hybridized carbons (Fsp3) is 0.375. The van der Waals surface area contributed by atoms with Crippen molar-refractivity contribution in [3.8, 4) is 0 Å². The molecule has 1 aromatic heterocycles. The molecular weight excluding hydrogens is 321 g/mol. The van der Waals surface area contributed by atoms with Crippen LogP contribution >= 0.6 is 23.2 Å². The molecule has 118 valence electrons. The van der Waals surface area contributed by atoms with Crippen molar-refractivity contribution < 1.29 is 4.79 Å². The molecule has 2 N–H and O–H groups in total. The number of nitrogens with one attached hydrogen (secondary N) is 2. The quantitative estimate of drug-likeness (QED) is 0.855. The van der Waals surface area contributed by atoms with Gasteiger partial charge in [0.1, 0.15) is 0 Å². The van der Waals surface area contributed by atoms with Crippen molar-refractivity contribution in [3.05, 3.63) is 45.7 Å². The van der Waals surface area contributed by atoms with E-state index in [9.17, 15) is 4.79 Å². The molecule has 22 heavy (non-hydrogen) atoms. The van der Waals surface area contributed by atoms with Crippen molar-refractivity contribution in [1.29, 1.82) is 0 Å². The predicted molar refractivity (Wildman–Crippen MR) is 90.7 cm³/mol. The van der Waals surface area contributed by atoms with Gasteiger partial charge in [0.05, 0.1) is 16.9 Å². The van der Waals surface area contributed by atoms with Gasteiger partial charge in [-0.3, -0.25) is 9.89 Å². The molecule has 0 saturated heterocycles. The van der Waals surface area contributed by atoms with E-state index in [4.69, 9.17) is 23.2 Å². The number of amides is 1. The SMILES string of the molecule is CC(C)(C)c1[nH]ncc1CCC(=O)Nc1ccc(Cl)cc1Cl. The highest BCUT2D eigenvalue weighted by molar-refractivity contribution is 6.36. The van der Waals surface area contributed by atoms with E-state index in [1.54, 1.807) is 24.4 Å². The maximum absolute atomic E-state index is 12.1. The summed E-state index contributed by atoms with van der Waals surface area (Å²) < 4.78 is 0. The molecule has 0 aliphatic carbocycles. The van der Waals surface area contributed by atoms with E-state index in [0.29, 0.717) is 28.6 Å². The summed E-state index contributed by atoms with van der Waals surface area (Å²) in [5.41, 5.74) is 2.66. The van der Waals surface area contributed by atoms with E-state index < -0.39 is 0 Å². The number of anilines is 1. The third-order valence-electron chi connectivity index (χ3n) is 3.29. The molecule has 0 radical (unpaired) electrons. The van der Waals surface area contributed by atoms with Gasteiger partial charge in [0, 0.05) is 22.6 Å². The molecule has 1 heterocycles. The lowest BCUT2D eigenvalue weighted by Gasteiger charge is -2.18. The Morgan fingerprint density at radius 3 is 2.68 bits per heavy atom. The van der Waals surface area contributed by atoms with Gasteiger partial charge < -0.3 is 5.32 Å². The van der Waals surface area contributed by atoms with Crippen molar-refractivity contribution >= 4 is 34.8 Å². The Bertz CT molecular complexity index is 674. The van der Waals surface area contributed by atoms with Crippen LogP contribution in [0.2, 0.25) is 10.0 Å². The zero-order valence-corrected chi connectivity index (χ0v) is 14.3. The third-order valence-corrected chi connectivity index (χ3v) is 3.84. The predicted octanol–water partition coefficient (Wildman–Crippen LogP) is 4.59. The first-order chi connectivity index (χ1) is 10.3. The lowest BCUT2D eigenvalue weighted by molar-refractivity contribution is -0.116. The average Bonchev–Trinajstić information content (AvgIpc) is 2.88. The fourth-order valence-electron chi connectivity index (χ4n) is 2.20. The van der Waals surface area contributed by atoms with Gasteiger partial charge in [0.25, 0.3) is 0 Å². The summed E-state index contributed by atoms with van der Waals surface area (Å²) in [7, 11) is 0. The molecule has 0 unspecified atom stereocenters. The zero-order valence-electron chi connectivity index (χ0n) is 12.8. The first-order valence-corrected chi connectivity index (χ1v) is 7.80. The molecule has 0 aliphatic heterocycles. The summed E-state index contributed by atoms with van der Waals surface area (Å²) in [5.74, 6) is -0.0923. The van der Waals surface area contributed by atoms with Gasteiger partial charge in [-0.1, -0.05) is 44.0 Å². The van der Waals surface area contributed by atoms with Crippen LogP contribution < -0.4 is 5.32 Å². The number of H-pyrrole nitrogens is 1. The highest BCUT2D eigenvalue weighted by Gasteiger charge is 2.20. The van der Waals surface area contributed by atoms with E-state index in [2.05, 4.69) is 36.3 Å². The third kappa shape index (κ3) is 4.24. The smallest absolute Gasteiger partial charge is 0.224 e. The fourth-order valence-corrected chi connectivity index (χ4v) is 2.66. The molecular formula is C16H19Cl2N3O. The zero-order chi connectivity index (χ0) is 16.3. The monoisotopic (exact) mass is 339 g/mol. The number of carbonyl (C=O) groups excluding carboxylic acids is 1. The van der Waals surface area contributed by atoms with E-state index >= 15 is 0 Å². The van der Waals surface area contributed by atoms with Gasteiger partial charge in [-0.05, 0) is 30.2 Å². The minimum Gasteiger partial charge on any atom is -0.325 e. The molecule has 0 saturated carbocycles. The van der Waals surface area contributed by atoms with E-state index in [-0.39, 0.29) is 11.3 Å². The molecule has 1 aromatic carbocycles. The van der Waals surface area contributed by atoms with Crippen molar-refractivity contribution in [2.24, 2.45) is 0 Å². The molecule has 0 bridgehead atoms. The van der Waals surface area contributed by atoms with Gasteiger partial charge in [0.15, 0.2) is 0 Å². The highest BCUT2D eigenvalue weighted by Crippen LogP contribution is 2.26. The number of hydrogen-bond acceptors (Lipinski definition) is 2. The summed E-state index contributed by atoms with van der Waals surface area (Å²) in [5, 5.41) is 10.9. The largest absolute Gasteiger partial charge is 0.325 e. The Hall–Kier alpha value is -1.52. The van der Waals surface area contributed by atoms with Crippen LogP contribution in [0.4, 0.5) is 5.69 Å². The second kappa shape index (κ2) is 6.71. The maximum atomic E-state index is 12.1. The summed E-state index contributed by atoms with van der Waals surface area (Å²) in [6.45, 7) is 6.33. The van der Waals surface area contributed by atoms with E-state index in [1.165, 1.54) is 0 Å². The van der Waals surface area contributed by atoms with Crippen LogP contribution in [0.5, 0.6) is 0 Å². The number of aromatic nitrogens is 2. The summed E-state index contributed by atoms with van der Waals surface area (Å²) >= 11 is 11.9. The van der Waals surface area contributed by atoms with E-state index in [0.717, 1.165) is 11.3 Å². The minimum absolute atomic E-state index is 0.0260. The summed E-state index contributed by atoms with van der Waals surface area (Å²) in [6.07, 6.45) is 2.77. The van der Waals surface area contributed by atoms with Crippen LogP contribution in [0.15, 0.2) is 24.4 Å².